The molecule has 2 heteroatoms. The van der Waals surface area contributed by atoms with Crippen molar-refractivity contribution in [2.75, 3.05) is 11.5 Å². The van der Waals surface area contributed by atoms with E-state index in [1.165, 1.54) is 24.8 Å². The number of nitrogens with two attached hydrogens (primary N) is 2. The summed E-state index contributed by atoms with van der Waals surface area (Å²) in [4.78, 5) is 0. The topological polar surface area (TPSA) is 52.0 Å². The molecular weight excluding hydrogens is 172 g/mol. The minimum atomic E-state index is 0.556. The van der Waals surface area contributed by atoms with Crippen LogP contribution in [0.15, 0.2) is 18.2 Å². The highest BCUT2D eigenvalue weighted by atomic mass is 14.6. The minimum absolute atomic E-state index is 0.556. The molecule has 0 heterocycles. The Hall–Kier alpha value is -1.18. The lowest BCUT2D eigenvalue weighted by atomic mass is 9.95. The van der Waals surface area contributed by atoms with Crippen LogP contribution in [0.2, 0.25) is 0 Å². The van der Waals surface area contributed by atoms with Gasteiger partial charge >= 0.3 is 0 Å². The average molecular weight is 192 g/mol. The summed E-state index contributed by atoms with van der Waals surface area (Å²) in [7, 11) is 0. The van der Waals surface area contributed by atoms with E-state index in [1.54, 1.807) is 6.07 Å². The monoisotopic (exact) mass is 192 g/mol. The van der Waals surface area contributed by atoms with Crippen LogP contribution in [0.3, 0.4) is 0 Å². The van der Waals surface area contributed by atoms with Crippen LogP contribution in [-0.2, 0) is 0 Å². The van der Waals surface area contributed by atoms with Crippen LogP contribution in [0.1, 0.15) is 44.6 Å². The SMILES string of the molecule is CCCCC(C)c1cc(N)cc(N)c1. The Morgan fingerprint density at radius 2 is 1.71 bits per heavy atom. The predicted molar refractivity (Wildman–Crippen MR) is 63.2 cm³/mol. The molecule has 1 unspecified atom stereocenters. The summed E-state index contributed by atoms with van der Waals surface area (Å²) < 4.78 is 0. The quantitative estimate of drug-likeness (QED) is 0.720. The zero-order valence-corrected chi connectivity index (χ0v) is 9.09. The van der Waals surface area contributed by atoms with Gasteiger partial charge in [-0.05, 0) is 36.1 Å². The first kappa shape index (κ1) is 10.9. The van der Waals surface area contributed by atoms with Gasteiger partial charge in [0.05, 0.1) is 0 Å². The fourth-order valence-electron chi connectivity index (χ4n) is 1.66. The van der Waals surface area contributed by atoms with Crippen molar-refractivity contribution in [1.29, 1.82) is 0 Å². The lowest BCUT2D eigenvalue weighted by Gasteiger charge is -2.12. The van der Waals surface area contributed by atoms with Crippen molar-refractivity contribution in [3.05, 3.63) is 23.8 Å². The summed E-state index contributed by atoms with van der Waals surface area (Å²) in [5.74, 6) is 0.556. The molecule has 0 aliphatic carbocycles. The molecule has 4 N–H and O–H groups in total. The lowest BCUT2D eigenvalue weighted by molar-refractivity contribution is 0.624. The number of anilines is 2. The molecule has 2 nitrogen and oxygen atoms in total. The molecule has 1 atom stereocenters. The number of rotatable bonds is 4. The fourth-order valence-corrected chi connectivity index (χ4v) is 1.66. The van der Waals surface area contributed by atoms with E-state index in [0.717, 1.165) is 11.4 Å². The summed E-state index contributed by atoms with van der Waals surface area (Å²) in [6.45, 7) is 4.43. The van der Waals surface area contributed by atoms with E-state index >= 15 is 0 Å². The van der Waals surface area contributed by atoms with Crippen LogP contribution in [-0.4, -0.2) is 0 Å². The molecule has 0 saturated heterocycles. The summed E-state index contributed by atoms with van der Waals surface area (Å²) >= 11 is 0. The maximum atomic E-state index is 5.75. The van der Waals surface area contributed by atoms with Gasteiger partial charge in [0.1, 0.15) is 0 Å². The van der Waals surface area contributed by atoms with E-state index in [-0.39, 0.29) is 0 Å². The molecule has 1 aromatic rings. The smallest absolute Gasteiger partial charge is 0.0337 e. The van der Waals surface area contributed by atoms with E-state index in [1.807, 2.05) is 12.1 Å². The third-order valence-corrected chi connectivity index (χ3v) is 2.56. The number of unbranched alkanes of at least 4 members (excludes halogenated alkanes) is 1. The van der Waals surface area contributed by atoms with E-state index in [4.69, 9.17) is 11.5 Å². The largest absolute Gasteiger partial charge is 0.399 e. The highest BCUT2D eigenvalue weighted by Crippen LogP contribution is 2.25. The third kappa shape index (κ3) is 2.95. The molecule has 0 saturated carbocycles. The molecular formula is C12H20N2. The molecule has 1 rings (SSSR count). The standard InChI is InChI=1S/C12H20N2/c1-3-4-5-9(2)10-6-11(13)8-12(14)7-10/h6-9H,3-5,13-14H2,1-2H3. The van der Waals surface area contributed by atoms with Crippen molar-refractivity contribution in [3.8, 4) is 0 Å². The number of hydrogen-bond acceptors (Lipinski definition) is 2. The molecule has 0 fully saturated rings. The lowest BCUT2D eigenvalue weighted by Crippen LogP contribution is -1.98. The van der Waals surface area contributed by atoms with Gasteiger partial charge in [0, 0.05) is 11.4 Å². The van der Waals surface area contributed by atoms with Gasteiger partial charge in [-0.2, -0.15) is 0 Å². The van der Waals surface area contributed by atoms with Crippen molar-refractivity contribution < 1.29 is 0 Å². The second-order valence-electron chi connectivity index (χ2n) is 3.98. The Morgan fingerprint density at radius 3 is 2.21 bits per heavy atom. The van der Waals surface area contributed by atoms with Gasteiger partial charge in [0.2, 0.25) is 0 Å². The van der Waals surface area contributed by atoms with Crippen LogP contribution in [0, 0.1) is 0 Å². The highest BCUT2D eigenvalue weighted by Gasteiger charge is 2.05. The zero-order valence-electron chi connectivity index (χ0n) is 9.09. The molecule has 0 spiro atoms. The number of nitrogen functional groups attached to an aromatic ring is 2. The molecule has 0 aromatic heterocycles. The van der Waals surface area contributed by atoms with Crippen LogP contribution >= 0.6 is 0 Å². The minimum Gasteiger partial charge on any atom is -0.399 e. The van der Waals surface area contributed by atoms with Crippen LogP contribution in [0.5, 0.6) is 0 Å². The van der Waals surface area contributed by atoms with Gasteiger partial charge in [0.15, 0.2) is 0 Å². The Morgan fingerprint density at radius 1 is 1.14 bits per heavy atom. The van der Waals surface area contributed by atoms with Gasteiger partial charge in [-0.15, -0.1) is 0 Å². The van der Waals surface area contributed by atoms with Crippen LogP contribution < -0.4 is 11.5 Å². The highest BCUT2D eigenvalue weighted by molar-refractivity contribution is 5.54. The second-order valence-corrected chi connectivity index (χ2v) is 3.98. The molecule has 1 aromatic carbocycles. The molecule has 78 valence electrons. The molecule has 0 amide bonds. The van der Waals surface area contributed by atoms with Crippen molar-refractivity contribution in [2.45, 2.75) is 39.0 Å². The van der Waals surface area contributed by atoms with E-state index in [0.29, 0.717) is 5.92 Å². The Balaban J connectivity index is 2.73. The van der Waals surface area contributed by atoms with Crippen molar-refractivity contribution >= 4 is 11.4 Å². The van der Waals surface area contributed by atoms with Crippen LogP contribution in [0.25, 0.3) is 0 Å². The normalized spacial score (nSPS) is 12.7. The number of hydrogen-bond donors (Lipinski definition) is 2. The molecule has 0 radical (unpaired) electrons. The van der Waals surface area contributed by atoms with Crippen molar-refractivity contribution in [1.82, 2.24) is 0 Å². The summed E-state index contributed by atoms with van der Waals surface area (Å²) in [6.07, 6.45) is 3.71. The van der Waals surface area contributed by atoms with Crippen LogP contribution in [0.4, 0.5) is 11.4 Å². The first-order chi connectivity index (χ1) is 6.63. The van der Waals surface area contributed by atoms with E-state index in [2.05, 4.69) is 13.8 Å². The summed E-state index contributed by atoms with van der Waals surface area (Å²) in [5.41, 5.74) is 14.3. The average Bonchev–Trinajstić information content (AvgIpc) is 2.12. The van der Waals surface area contributed by atoms with Gasteiger partial charge in [-0.3, -0.25) is 0 Å². The van der Waals surface area contributed by atoms with Gasteiger partial charge < -0.3 is 11.5 Å². The Kier molecular flexibility index (Phi) is 3.81. The van der Waals surface area contributed by atoms with E-state index < -0.39 is 0 Å². The first-order valence-corrected chi connectivity index (χ1v) is 5.29. The second kappa shape index (κ2) is 4.89. The van der Waals surface area contributed by atoms with Gasteiger partial charge in [-0.25, -0.2) is 0 Å². The maximum absolute atomic E-state index is 5.75. The molecule has 0 aliphatic heterocycles. The number of benzene rings is 1. The van der Waals surface area contributed by atoms with E-state index in [9.17, 15) is 0 Å². The first-order valence-electron chi connectivity index (χ1n) is 5.29. The molecule has 0 bridgehead atoms. The Labute approximate surface area is 86.3 Å². The fraction of sp³-hybridized carbons (Fsp3) is 0.500. The van der Waals surface area contributed by atoms with Gasteiger partial charge in [0.25, 0.3) is 0 Å². The maximum Gasteiger partial charge on any atom is 0.0337 e. The zero-order chi connectivity index (χ0) is 10.6. The third-order valence-electron chi connectivity index (χ3n) is 2.56. The summed E-state index contributed by atoms with van der Waals surface area (Å²) in [5, 5.41) is 0. The Bertz CT molecular complexity index is 274. The molecule has 0 aliphatic rings. The molecule has 14 heavy (non-hydrogen) atoms. The van der Waals surface area contributed by atoms with Crippen molar-refractivity contribution in [3.63, 3.8) is 0 Å². The predicted octanol–water partition coefficient (Wildman–Crippen LogP) is 3.14. The van der Waals surface area contributed by atoms with Gasteiger partial charge in [-0.1, -0.05) is 26.7 Å². The summed E-state index contributed by atoms with van der Waals surface area (Å²) in [6, 6.07) is 5.85. The van der Waals surface area contributed by atoms with Crippen molar-refractivity contribution in [2.24, 2.45) is 0 Å².